The van der Waals surface area contributed by atoms with Crippen molar-refractivity contribution in [3.05, 3.63) is 50.9 Å². The maximum Gasteiger partial charge on any atom is 0.255 e. The van der Waals surface area contributed by atoms with Crippen LogP contribution < -0.4 is 5.32 Å². The lowest BCUT2D eigenvalue weighted by atomic mass is 9.97. The first-order chi connectivity index (χ1) is 13.1. The predicted octanol–water partition coefficient (Wildman–Crippen LogP) is 3.89. The van der Waals surface area contributed by atoms with Crippen LogP contribution in [0.3, 0.4) is 0 Å². The van der Waals surface area contributed by atoms with Gasteiger partial charge in [-0.3, -0.25) is 9.59 Å². The molecule has 1 fully saturated rings. The van der Waals surface area contributed by atoms with Crippen LogP contribution in [0.15, 0.2) is 29.6 Å². The summed E-state index contributed by atoms with van der Waals surface area (Å²) in [5.74, 6) is 0.468. The summed E-state index contributed by atoms with van der Waals surface area (Å²) in [4.78, 5) is 30.6. The van der Waals surface area contributed by atoms with Crippen LogP contribution in [0, 0.1) is 0 Å². The van der Waals surface area contributed by atoms with Crippen molar-refractivity contribution >= 4 is 34.8 Å². The number of nitrogens with zero attached hydrogens (tertiary/aromatic N) is 2. The van der Waals surface area contributed by atoms with E-state index in [4.69, 9.17) is 16.6 Å². The minimum absolute atomic E-state index is 0.00513. The normalized spacial score (nSPS) is 15.0. The van der Waals surface area contributed by atoms with Gasteiger partial charge in [-0.1, -0.05) is 30.7 Å². The second kappa shape index (κ2) is 9.33. The summed E-state index contributed by atoms with van der Waals surface area (Å²) >= 11 is 7.83. The van der Waals surface area contributed by atoms with Crippen LogP contribution in [0.2, 0.25) is 5.02 Å². The van der Waals surface area contributed by atoms with Gasteiger partial charge in [0.15, 0.2) is 0 Å². The topological polar surface area (TPSA) is 62.3 Å². The van der Waals surface area contributed by atoms with E-state index in [1.165, 1.54) is 0 Å². The lowest BCUT2D eigenvalue weighted by molar-refractivity contribution is -0.120. The second-order valence-electron chi connectivity index (χ2n) is 6.68. The van der Waals surface area contributed by atoms with Crippen LogP contribution in [0.5, 0.6) is 0 Å². The molecular weight excluding hydrogens is 382 g/mol. The van der Waals surface area contributed by atoms with E-state index in [1.807, 2.05) is 24.0 Å². The third-order valence-corrected chi connectivity index (χ3v) is 6.22. The lowest BCUT2D eigenvalue weighted by Crippen LogP contribution is -2.38. The maximum absolute atomic E-state index is 12.7. The third kappa shape index (κ3) is 5.08. The average molecular weight is 406 g/mol. The minimum Gasteiger partial charge on any atom is -0.356 e. The van der Waals surface area contributed by atoms with Gasteiger partial charge in [-0.25, -0.2) is 4.98 Å². The van der Waals surface area contributed by atoms with Crippen molar-refractivity contribution in [3.8, 4) is 0 Å². The summed E-state index contributed by atoms with van der Waals surface area (Å²) in [6, 6.07) is 7.20. The Kier molecular flexibility index (Phi) is 6.85. The molecule has 144 valence electrons. The number of likely N-dealkylation sites (tertiary alicyclic amines) is 1. The van der Waals surface area contributed by atoms with Crippen LogP contribution >= 0.6 is 22.9 Å². The fourth-order valence-electron chi connectivity index (χ4n) is 3.21. The van der Waals surface area contributed by atoms with Gasteiger partial charge in [-0.15, -0.1) is 11.3 Å². The van der Waals surface area contributed by atoms with E-state index in [9.17, 15) is 9.59 Å². The molecule has 0 spiro atoms. The van der Waals surface area contributed by atoms with Crippen LogP contribution in [-0.2, 0) is 11.2 Å². The van der Waals surface area contributed by atoms with Gasteiger partial charge in [-0.2, -0.15) is 0 Å². The predicted molar refractivity (Wildman–Crippen MR) is 108 cm³/mol. The van der Waals surface area contributed by atoms with Gasteiger partial charge in [0.25, 0.3) is 5.91 Å². The number of carbonyl (C=O) groups is 2. The van der Waals surface area contributed by atoms with Gasteiger partial charge in [0.1, 0.15) is 0 Å². The molecule has 1 aliphatic rings. The zero-order valence-electron chi connectivity index (χ0n) is 15.4. The monoisotopic (exact) mass is 405 g/mol. The average Bonchev–Trinajstić information content (AvgIpc) is 3.16. The first kappa shape index (κ1) is 19.8. The Labute approximate surface area is 168 Å². The van der Waals surface area contributed by atoms with Crippen molar-refractivity contribution in [2.45, 2.75) is 38.5 Å². The molecule has 2 heterocycles. The number of rotatable bonds is 6. The molecule has 7 heteroatoms. The summed E-state index contributed by atoms with van der Waals surface area (Å²) in [5.41, 5.74) is 1.60. The SMILES string of the molecule is CCC(=O)NCCc1csc(C2CCN(C(=O)c3ccccc3Cl)CC2)n1. The Hall–Kier alpha value is -1.92. The fourth-order valence-corrected chi connectivity index (χ4v) is 4.46. The van der Waals surface area contributed by atoms with Gasteiger partial charge in [-0.05, 0) is 25.0 Å². The van der Waals surface area contributed by atoms with Crippen molar-refractivity contribution in [2.75, 3.05) is 19.6 Å². The summed E-state index contributed by atoms with van der Waals surface area (Å²) in [6.07, 6.45) is 3.09. The summed E-state index contributed by atoms with van der Waals surface area (Å²) in [5, 5.41) is 6.60. The zero-order valence-corrected chi connectivity index (χ0v) is 17.0. The summed E-state index contributed by atoms with van der Waals surface area (Å²) in [6.45, 7) is 3.91. The van der Waals surface area contributed by atoms with Crippen LogP contribution in [-0.4, -0.2) is 41.3 Å². The van der Waals surface area contributed by atoms with Gasteiger partial charge >= 0.3 is 0 Å². The first-order valence-corrected chi connectivity index (χ1v) is 10.6. The number of halogens is 1. The molecule has 1 aromatic carbocycles. The quantitative estimate of drug-likeness (QED) is 0.793. The highest BCUT2D eigenvalue weighted by atomic mass is 35.5. The Morgan fingerprint density at radius 1 is 1.30 bits per heavy atom. The van der Waals surface area contributed by atoms with Gasteiger partial charge in [0, 0.05) is 43.8 Å². The molecular formula is C20H24ClN3O2S. The van der Waals surface area contributed by atoms with Gasteiger partial charge in [0.2, 0.25) is 5.91 Å². The highest BCUT2D eigenvalue weighted by molar-refractivity contribution is 7.09. The molecule has 1 N–H and O–H groups in total. The van der Waals surface area contributed by atoms with Crippen molar-refractivity contribution < 1.29 is 9.59 Å². The van der Waals surface area contributed by atoms with Crippen molar-refractivity contribution in [3.63, 3.8) is 0 Å². The Bertz CT molecular complexity index is 800. The van der Waals surface area contributed by atoms with E-state index >= 15 is 0 Å². The van der Waals surface area contributed by atoms with E-state index in [0.717, 1.165) is 43.1 Å². The zero-order chi connectivity index (χ0) is 19.2. The lowest BCUT2D eigenvalue weighted by Gasteiger charge is -2.31. The van der Waals surface area contributed by atoms with Crippen LogP contribution in [0.4, 0.5) is 0 Å². The van der Waals surface area contributed by atoms with Crippen molar-refractivity contribution in [1.29, 1.82) is 0 Å². The Balaban J connectivity index is 1.51. The molecule has 1 aliphatic heterocycles. The van der Waals surface area contributed by atoms with E-state index < -0.39 is 0 Å². The molecule has 2 aromatic rings. The maximum atomic E-state index is 12.7. The highest BCUT2D eigenvalue weighted by Crippen LogP contribution is 2.31. The Morgan fingerprint density at radius 3 is 2.74 bits per heavy atom. The number of thiazole rings is 1. The molecule has 5 nitrogen and oxygen atoms in total. The molecule has 2 amide bonds. The van der Waals surface area contributed by atoms with Crippen LogP contribution in [0.1, 0.15) is 53.2 Å². The highest BCUT2D eigenvalue weighted by Gasteiger charge is 2.27. The largest absolute Gasteiger partial charge is 0.356 e. The molecule has 0 radical (unpaired) electrons. The molecule has 27 heavy (non-hydrogen) atoms. The third-order valence-electron chi connectivity index (χ3n) is 4.83. The fraction of sp³-hybridized carbons (Fsp3) is 0.450. The number of piperidine rings is 1. The number of hydrogen-bond acceptors (Lipinski definition) is 4. The van der Waals surface area contributed by atoms with E-state index in [1.54, 1.807) is 23.5 Å². The molecule has 0 atom stereocenters. The Morgan fingerprint density at radius 2 is 2.04 bits per heavy atom. The molecule has 0 unspecified atom stereocenters. The summed E-state index contributed by atoms with van der Waals surface area (Å²) < 4.78 is 0. The summed E-state index contributed by atoms with van der Waals surface area (Å²) in [7, 11) is 0. The number of hydrogen-bond donors (Lipinski definition) is 1. The number of amides is 2. The number of benzene rings is 1. The molecule has 0 saturated carbocycles. The van der Waals surface area contributed by atoms with E-state index in [2.05, 4.69) is 10.7 Å². The number of carbonyl (C=O) groups excluding carboxylic acids is 2. The van der Waals surface area contributed by atoms with Crippen molar-refractivity contribution in [1.82, 2.24) is 15.2 Å². The molecule has 0 aliphatic carbocycles. The first-order valence-electron chi connectivity index (χ1n) is 9.33. The molecule has 0 bridgehead atoms. The minimum atomic E-state index is 0.00513. The van der Waals surface area contributed by atoms with Gasteiger partial charge in [0.05, 0.1) is 21.3 Å². The van der Waals surface area contributed by atoms with E-state index in [0.29, 0.717) is 29.5 Å². The van der Waals surface area contributed by atoms with Gasteiger partial charge < -0.3 is 10.2 Å². The standard InChI is InChI=1S/C20H24ClN3O2S/c1-2-18(25)22-10-7-15-13-27-19(23-15)14-8-11-24(12-9-14)20(26)16-5-3-4-6-17(16)21/h3-6,13-14H,2,7-12H2,1H3,(H,22,25). The second-order valence-corrected chi connectivity index (χ2v) is 7.97. The molecule has 1 saturated heterocycles. The van der Waals surface area contributed by atoms with E-state index in [-0.39, 0.29) is 11.8 Å². The smallest absolute Gasteiger partial charge is 0.255 e. The number of aromatic nitrogens is 1. The molecule has 1 aromatic heterocycles. The number of nitrogens with one attached hydrogen (secondary N) is 1. The van der Waals surface area contributed by atoms with Crippen molar-refractivity contribution in [2.24, 2.45) is 0 Å². The molecule has 3 rings (SSSR count). The van der Waals surface area contributed by atoms with Crippen LogP contribution in [0.25, 0.3) is 0 Å².